The molecule has 90 valence electrons. The molecule has 1 aliphatic rings. The quantitative estimate of drug-likeness (QED) is 0.839. The Morgan fingerprint density at radius 1 is 1.35 bits per heavy atom. The lowest BCUT2D eigenvalue weighted by molar-refractivity contribution is -0.0298. The van der Waals surface area contributed by atoms with Crippen LogP contribution in [0.25, 0.3) is 11.2 Å². The second-order valence-electron chi connectivity index (χ2n) is 4.12. The van der Waals surface area contributed by atoms with Crippen LogP contribution >= 0.6 is 0 Å². The lowest BCUT2D eigenvalue weighted by Gasteiger charge is -2.23. The first-order chi connectivity index (χ1) is 8.40. The molecule has 3 heterocycles. The number of rotatable bonds is 2. The van der Waals surface area contributed by atoms with E-state index in [1.54, 1.807) is 6.33 Å². The van der Waals surface area contributed by atoms with E-state index < -0.39 is 0 Å². The van der Waals surface area contributed by atoms with Crippen molar-refractivity contribution < 1.29 is 9.84 Å². The van der Waals surface area contributed by atoms with Gasteiger partial charge < -0.3 is 9.84 Å². The van der Waals surface area contributed by atoms with Crippen molar-refractivity contribution in [1.82, 2.24) is 19.5 Å². The Labute approximate surface area is 98.3 Å². The van der Waals surface area contributed by atoms with Crippen LogP contribution in [0.15, 0.2) is 12.7 Å². The van der Waals surface area contributed by atoms with Crippen LogP contribution in [0.5, 0.6) is 0 Å². The van der Waals surface area contributed by atoms with E-state index in [1.165, 1.54) is 6.33 Å². The Morgan fingerprint density at radius 2 is 2.29 bits per heavy atom. The average molecular weight is 234 g/mol. The summed E-state index contributed by atoms with van der Waals surface area (Å²) in [4.78, 5) is 12.5. The van der Waals surface area contributed by atoms with Gasteiger partial charge in [0.15, 0.2) is 5.65 Å². The molecule has 1 atom stereocenters. The van der Waals surface area contributed by atoms with Gasteiger partial charge in [0.2, 0.25) is 0 Å². The molecule has 0 spiro atoms. The maximum Gasteiger partial charge on any atom is 0.165 e. The third kappa shape index (κ3) is 1.79. The SMILES string of the molecule is OCc1ncnc2c1ncn2[C@@H]1CCCCO1. The molecule has 0 aliphatic carbocycles. The zero-order valence-corrected chi connectivity index (χ0v) is 9.41. The maximum absolute atomic E-state index is 9.18. The van der Waals surface area contributed by atoms with Gasteiger partial charge >= 0.3 is 0 Å². The molecular formula is C11H14N4O2. The summed E-state index contributed by atoms with van der Waals surface area (Å²) in [5, 5.41) is 9.18. The number of ether oxygens (including phenoxy) is 1. The zero-order valence-electron chi connectivity index (χ0n) is 9.41. The standard InChI is InChI=1S/C11H14N4O2/c16-5-8-10-11(13-6-12-8)15(7-14-10)9-3-1-2-4-17-9/h6-7,9,16H,1-5H2/t9-/m0/s1. The van der Waals surface area contributed by atoms with E-state index in [0.717, 1.165) is 31.5 Å². The molecule has 0 unspecified atom stereocenters. The van der Waals surface area contributed by atoms with E-state index in [2.05, 4.69) is 15.0 Å². The molecule has 2 aromatic rings. The van der Waals surface area contributed by atoms with E-state index in [0.29, 0.717) is 11.2 Å². The van der Waals surface area contributed by atoms with Crippen LogP contribution < -0.4 is 0 Å². The van der Waals surface area contributed by atoms with Crippen LogP contribution in [0.2, 0.25) is 0 Å². The summed E-state index contributed by atoms with van der Waals surface area (Å²) in [5.41, 5.74) is 1.95. The summed E-state index contributed by atoms with van der Waals surface area (Å²) < 4.78 is 7.63. The van der Waals surface area contributed by atoms with Gasteiger partial charge in [-0.3, -0.25) is 4.57 Å². The first-order valence-corrected chi connectivity index (χ1v) is 5.79. The number of aromatic nitrogens is 4. The van der Waals surface area contributed by atoms with Crippen molar-refractivity contribution in [3.8, 4) is 0 Å². The Morgan fingerprint density at radius 3 is 3.06 bits per heavy atom. The van der Waals surface area contributed by atoms with Crippen molar-refractivity contribution >= 4 is 11.2 Å². The summed E-state index contributed by atoms with van der Waals surface area (Å²) in [6, 6.07) is 0. The molecule has 0 amide bonds. The van der Waals surface area contributed by atoms with Gasteiger partial charge in [-0.15, -0.1) is 0 Å². The van der Waals surface area contributed by atoms with Crippen molar-refractivity contribution in [3.63, 3.8) is 0 Å². The number of fused-ring (bicyclic) bond motifs is 1. The van der Waals surface area contributed by atoms with Gasteiger partial charge in [-0.05, 0) is 19.3 Å². The summed E-state index contributed by atoms with van der Waals surface area (Å²) >= 11 is 0. The molecule has 6 nitrogen and oxygen atoms in total. The second-order valence-corrected chi connectivity index (χ2v) is 4.12. The Kier molecular flexibility index (Phi) is 2.74. The molecule has 17 heavy (non-hydrogen) atoms. The molecule has 0 radical (unpaired) electrons. The normalized spacial score (nSPS) is 20.9. The monoisotopic (exact) mass is 234 g/mol. The minimum atomic E-state index is -0.123. The van der Waals surface area contributed by atoms with Crippen LogP contribution in [-0.4, -0.2) is 31.2 Å². The summed E-state index contributed by atoms with van der Waals surface area (Å²) in [5.74, 6) is 0. The number of hydrogen-bond acceptors (Lipinski definition) is 5. The largest absolute Gasteiger partial charge is 0.390 e. The van der Waals surface area contributed by atoms with Gasteiger partial charge in [-0.1, -0.05) is 0 Å². The molecule has 3 rings (SSSR count). The van der Waals surface area contributed by atoms with Crippen LogP contribution in [-0.2, 0) is 11.3 Å². The predicted molar refractivity (Wildman–Crippen MR) is 60.1 cm³/mol. The third-order valence-corrected chi connectivity index (χ3v) is 3.05. The van der Waals surface area contributed by atoms with Crippen molar-refractivity contribution in [3.05, 3.63) is 18.3 Å². The van der Waals surface area contributed by atoms with Gasteiger partial charge in [0.05, 0.1) is 18.6 Å². The molecular weight excluding hydrogens is 220 g/mol. The van der Waals surface area contributed by atoms with Gasteiger partial charge in [0.1, 0.15) is 18.1 Å². The van der Waals surface area contributed by atoms with Crippen LogP contribution in [0, 0.1) is 0 Å². The first-order valence-electron chi connectivity index (χ1n) is 5.79. The van der Waals surface area contributed by atoms with Gasteiger partial charge in [-0.2, -0.15) is 0 Å². The number of aliphatic hydroxyl groups is 1. The van der Waals surface area contributed by atoms with E-state index in [4.69, 9.17) is 4.74 Å². The lowest BCUT2D eigenvalue weighted by Crippen LogP contribution is -2.17. The van der Waals surface area contributed by atoms with E-state index >= 15 is 0 Å². The number of aliphatic hydroxyl groups excluding tert-OH is 1. The zero-order chi connectivity index (χ0) is 11.7. The molecule has 1 saturated heterocycles. The number of hydrogen-bond donors (Lipinski definition) is 1. The van der Waals surface area contributed by atoms with E-state index in [9.17, 15) is 5.11 Å². The highest BCUT2D eigenvalue weighted by molar-refractivity contribution is 5.72. The van der Waals surface area contributed by atoms with Crippen molar-refractivity contribution in [2.75, 3.05) is 6.61 Å². The van der Waals surface area contributed by atoms with Gasteiger partial charge in [0, 0.05) is 6.61 Å². The smallest absolute Gasteiger partial charge is 0.165 e. The summed E-state index contributed by atoms with van der Waals surface area (Å²) in [7, 11) is 0. The van der Waals surface area contributed by atoms with E-state index in [-0.39, 0.29) is 12.8 Å². The molecule has 0 aromatic carbocycles. The summed E-state index contributed by atoms with van der Waals surface area (Å²) in [6.45, 7) is 0.657. The van der Waals surface area contributed by atoms with Gasteiger partial charge in [-0.25, -0.2) is 15.0 Å². The molecule has 1 N–H and O–H groups in total. The Bertz CT molecular complexity index is 519. The minimum Gasteiger partial charge on any atom is -0.390 e. The molecule has 1 fully saturated rings. The topological polar surface area (TPSA) is 73.1 Å². The van der Waals surface area contributed by atoms with Crippen molar-refractivity contribution in [1.29, 1.82) is 0 Å². The molecule has 6 heteroatoms. The molecule has 0 saturated carbocycles. The van der Waals surface area contributed by atoms with E-state index in [1.807, 2.05) is 4.57 Å². The van der Waals surface area contributed by atoms with Crippen LogP contribution in [0.1, 0.15) is 31.2 Å². The highest BCUT2D eigenvalue weighted by Gasteiger charge is 2.19. The minimum absolute atomic E-state index is 0.00944. The number of nitrogens with zero attached hydrogens (tertiary/aromatic N) is 4. The second kappa shape index (κ2) is 4.38. The molecule has 1 aliphatic heterocycles. The third-order valence-electron chi connectivity index (χ3n) is 3.05. The lowest BCUT2D eigenvalue weighted by atomic mass is 10.2. The maximum atomic E-state index is 9.18. The highest BCUT2D eigenvalue weighted by atomic mass is 16.5. The fourth-order valence-corrected chi connectivity index (χ4v) is 2.17. The average Bonchev–Trinajstić information content (AvgIpc) is 2.83. The fraction of sp³-hybridized carbons (Fsp3) is 0.545. The number of imidazole rings is 1. The van der Waals surface area contributed by atoms with Crippen LogP contribution in [0.4, 0.5) is 0 Å². The molecule has 2 aromatic heterocycles. The highest BCUT2D eigenvalue weighted by Crippen LogP contribution is 2.25. The van der Waals surface area contributed by atoms with Gasteiger partial charge in [0.25, 0.3) is 0 Å². The molecule has 0 bridgehead atoms. The first kappa shape index (κ1) is 10.6. The predicted octanol–water partition coefficient (Wildman–Crippen LogP) is 1.02. The summed E-state index contributed by atoms with van der Waals surface area (Å²) in [6.07, 6.45) is 6.42. The fourth-order valence-electron chi connectivity index (χ4n) is 2.17. The Balaban J connectivity index is 2.05. The van der Waals surface area contributed by atoms with Crippen LogP contribution in [0.3, 0.4) is 0 Å². The van der Waals surface area contributed by atoms with Crippen molar-refractivity contribution in [2.24, 2.45) is 0 Å². The van der Waals surface area contributed by atoms with Crippen molar-refractivity contribution in [2.45, 2.75) is 32.1 Å². The Hall–Kier alpha value is -1.53.